The predicted molar refractivity (Wildman–Crippen MR) is 64.8 cm³/mol. The lowest BCUT2D eigenvalue weighted by molar-refractivity contribution is -0.131. The lowest BCUT2D eigenvalue weighted by Gasteiger charge is -2.19. The molecule has 2 heterocycles. The van der Waals surface area contributed by atoms with Crippen molar-refractivity contribution in [1.82, 2.24) is 4.90 Å². The molecule has 1 aliphatic rings. The van der Waals surface area contributed by atoms with Crippen molar-refractivity contribution in [3.63, 3.8) is 0 Å². The minimum atomic E-state index is -0.487. The lowest BCUT2D eigenvalue weighted by atomic mass is 10.2. The Bertz CT molecular complexity index is 360. The summed E-state index contributed by atoms with van der Waals surface area (Å²) in [4.78, 5) is 14.7. The third-order valence-electron chi connectivity index (χ3n) is 2.58. The van der Waals surface area contributed by atoms with Crippen LogP contribution >= 0.6 is 27.3 Å². The van der Waals surface area contributed by atoms with Gasteiger partial charge in [0, 0.05) is 27.8 Å². The maximum Gasteiger partial charge on any atom is 0.244 e. The molecule has 0 radical (unpaired) electrons. The first kappa shape index (κ1) is 11.1. The molecule has 2 rings (SSSR count). The Kier molecular flexibility index (Phi) is 3.43. The summed E-state index contributed by atoms with van der Waals surface area (Å²) in [7, 11) is 0. The number of rotatable bonds is 2. The van der Waals surface area contributed by atoms with E-state index < -0.39 is 6.04 Å². The van der Waals surface area contributed by atoms with Gasteiger partial charge in [0.1, 0.15) is 6.04 Å². The molecular weight excluding hydrogens is 276 g/mol. The maximum atomic E-state index is 11.9. The monoisotopic (exact) mass is 288 g/mol. The van der Waals surface area contributed by atoms with E-state index in [1.54, 1.807) is 0 Å². The second kappa shape index (κ2) is 4.63. The number of likely N-dealkylation sites (tertiary alicyclic amines) is 1. The van der Waals surface area contributed by atoms with Crippen molar-refractivity contribution in [1.29, 1.82) is 0 Å². The van der Waals surface area contributed by atoms with Crippen LogP contribution in [0.2, 0.25) is 0 Å². The zero-order valence-corrected chi connectivity index (χ0v) is 10.7. The Morgan fingerprint density at radius 2 is 2.20 bits per heavy atom. The molecule has 0 spiro atoms. The summed E-state index contributed by atoms with van der Waals surface area (Å²) >= 11 is 4.89. The Labute approximate surface area is 101 Å². The summed E-state index contributed by atoms with van der Waals surface area (Å²) in [5, 5.41) is 1.95. The van der Waals surface area contributed by atoms with Gasteiger partial charge in [-0.05, 0) is 34.8 Å². The number of nitrogens with zero attached hydrogens (tertiary/aromatic N) is 1. The minimum Gasteiger partial charge on any atom is -0.341 e. The number of hydrogen-bond acceptors (Lipinski definition) is 3. The van der Waals surface area contributed by atoms with E-state index in [9.17, 15) is 4.79 Å². The van der Waals surface area contributed by atoms with Crippen molar-refractivity contribution in [2.24, 2.45) is 5.73 Å². The van der Waals surface area contributed by atoms with E-state index in [1.165, 1.54) is 11.3 Å². The van der Waals surface area contributed by atoms with Gasteiger partial charge in [-0.15, -0.1) is 11.3 Å². The molecule has 1 fully saturated rings. The zero-order chi connectivity index (χ0) is 10.8. The highest BCUT2D eigenvalue weighted by Gasteiger charge is 2.25. The molecule has 0 aliphatic carbocycles. The van der Waals surface area contributed by atoms with Gasteiger partial charge >= 0.3 is 0 Å². The number of carbonyl (C=O) groups is 1. The SMILES string of the molecule is NC(C(=O)N1CCCC1)c1cc(Br)cs1. The van der Waals surface area contributed by atoms with Crippen LogP contribution in [0, 0.1) is 0 Å². The number of carbonyl (C=O) groups excluding carboxylic acids is 1. The summed E-state index contributed by atoms with van der Waals surface area (Å²) in [6.07, 6.45) is 2.21. The van der Waals surface area contributed by atoms with Gasteiger partial charge in [-0.1, -0.05) is 0 Å². The fourth-order valence-electron chi connectivity index (χ4n) is 1.75. The van der Waals surface area contributed by atoms with Crippen LogP contribution in [-0.2, 0) is 4.79 Å². The van der Waals surface area contributed by atoms with Gasteiger partial charge in [-0.3, -0.25) is 4.79 Å². The van der Waals surface area contributed by atoms with Crippen LogP contribution in [0.5, 0.6) is 0 Å². The lowest BCUT2D eigenvalue weighted by Crippen LogP contribution is -2.36. The van der Waals surface area contributed by atoms with E-state index in [0.29, 0.717) is 0 Å². The molecule has 1 unspecified atom stereocenters. The summed E-state index contributed by atoms with van der Waals surface area (Å²) in [5.41, 5.74) is 5.93. The minimum absolute atomic E-state index is 0.0573. The predicted octanol–water partition coefficient (Wildman–Crippen LogP) is 2.13. The van der Waals surface area contributed by atoms with Crippen molar-refractivity contribution < 1.29 is 4.79 Å². The summed E-state index contributed by atoms with van der Waals surface area (Å²) in [5.74, 6) is 0.0573. The van der Waals surface area contributed by atoms with Crippen molar-refractivity contribution in [2.45, 2.75) is 18.9 Å². The van der Waals surface area contributed by atoms with Gasteiger partial charge in [0.2, 0.25) is 5.91 Å². The Morgan fingerprint density at radius 3 is 2.73 bits per heavy atom. The first-order valence-corrected chi connectivity index (χ1v) is 6.64. The van der Waals surface area contributed by atoms with Crippen molar-refractivity contribution in [2.75, 3.05) is 13.1 Å². The molecule has 2 N–H and O–H groups in total. The zero-order valence-electron chi connectivity index (χ0n) is 8.28. The molecule has 1 atom stereocenters. The summed E-state index contributed by atoms with van der Waals surface area (Å²) < 4.78 is 0.993. The van der Waals surface area contributed by atoms with Crippen molar-refractivity contribution in [3.05, 3.63) is 20.8 Å². The van der Waals surface area contributed by atoms with E-state index in [4.69, 9.17) is 5.73 Å². The average Bonchev–Trinajstić information content (AvgIpc) is 2.85. The van der Waals surface area contributed by atoms with Gasteiger partial charge in [-0.2, -0.15) is 0 Å². The standard InChI is InChI=1S/C10H13BrN2OS/c11-7-5-8(15-6-7)9(12)10(14)13-3-1-2-4-13/h5-6,9H,1-4,12H2. The molecule has 15 heavy (non-hydrogen) atoms. The van der Waals surface area contributed by atoms with Crippen LogP contribution in [0.3, 0.4) is 0 Å². The summed E-state index contributed by atoms with van der Waals surface area (Å²) in [6, 6.07) is 1.43. The molecule has 1 saturated heterocycles. The van der Waals surface area contributed by atoms with Crippen LogP contribution in [-0.4, -0.2) is 23.9 Å². The summed E-state index contributed by atoms with van der Waals surface area (Å²) in [6.45, 7) is 1.72. The number of thiophene rings is 1. The quantitative estimate of drug-likeness (QED) is 0.906. The van der Waals surface area contributed by atoms with Crippen molar-refractivity contribution in [3.8, 4) is 0 Å². The first-order valence-electron chi connectivity index (χ1n) is 4.97. The smallest absolute Gasteiger partial charge is 0.244 e. The van der Waals surface area contributed by atoms with Gasteiger partial charge < -0.3 is 10.6 Å². The third-order valence-corrected chi connectivity index (χ3v) is 4.35. The normalized spacial score (nSPS) is 18.1. The van der Waals surface area contributed by atoms with Crippen LogP contribution in [0.15, 0.2) is 15.9 Å². The van der Waals surface area contributed by atoms with E-state index in [0.717, 1.165) is 35.3 Å². The highest BCUT2D eigenvalue weighted by Crippen LogP contribution is 2.26. The highest BCUT2D eigenvalue weighted by atomic mass is 79.9. The topological polar surface area (TPSA) is 46.3 Å². The van der Waals surface area contributed by atoms with E-state index in [-0.39, 0.29) is 5.91 Å². The number of nitrogens with two attached hydrogens (primary N) is 1. The third kappa shape index (κ3) is 2.41. The number of halogens is 1. The average molecular weight is 289 g/mol. The molecule has 82 valence electrons. The Morgan fingerprint density at radius 1 is 1.53 bits per heavy atom. The molecule has 1 aromatic rings. The molecule has 3 nitrogen and oxygen atoms in total. The van der Waals surface area contributed by atoms with Crippen LogP contribution in [0.4, 0.5) is 0 Å². The molecule has 1 aromatic heterocycles. The van der Waals surface area contributed by atoms with Crippen LogP contribution in [0.1, 0.15) is 23.8 Å². The molecular formula is C10H13BrN2OS. The van der Waals surface area contributed by atoms with Crippen molar-refractivity contribution >= 4 is 33.2 Å². The fraction of sp³-hybridized carbons (Fsp3) is 0.500. The maximum absolute atomic E-state index is 11.9. The van der Waals surface area contributed by atoms with Crippen LogP contribution in [0.25, 0.3) is 0 Å². The highest BCUT2D eigenvalue weighted by molar-refractivity contribution is 9.10. The largest absolute Gasteiger partial charge is 0.341 e. The van der Waals surface area contributed by atoms with Gasteiger partial charge in [0.05, 0.1) is 0 Å². The van der Waals surface area contributed by atoms with Gasteiger partial charge in [0.15, 0.2) is 0 Å². The molecule has 0 aromatic carbocycles. The van der Waals surface area contributed by atoms with E-state index in [1.807, 2.05) is 16.3 Å². The molecule has 0 bridgehead atoms. The number of amides is 1. The molecule has 5 heteroatoms. The van der Waals surface area contributed by atoms with Crippen LogP contribution < -0.4 is 5.73 Å². The molecule has 0 saturated carbocycles. The molecule has 1 amide bonds. The first-order chi connectivity index (χ1) is 7.18. The Balaban J connectivity index is 2.06. The van der Waals surface area contributed by atoms with E-state index >= 15 is 0 Å². The van der Waals surface area contributed by atoms with E-state index in [2.05, 4.69) is 15.9 Å². The number of hydrogen-bond donors (Lipinski definition) is 1. The molecule has 1 aliphatic heterocycles. The second-order valence-corrected chi connectivity index (χ2v) is 5.54. The Hall–Kier alpha value is -0.390. The fourth-order valence-corrected chi connectivity index (χ4v) is 3.18. The van der Waals surface area contributed by atoms with Gasteiger partial charge in [0.25, 0.3) is 0 Å². The van der Waals surface area contributed by atoms with Gasteiger partial charge in [-0.25, -0.2) is 0 Å². The second-order valence-electron chi connectivity index (χ2n) is 3.68.